The fourth-order valence-electron chi connectivity index (χ4n) is 0.558. The molecule has 1 aromatic rings. The van der Waals surface area contributed by atoms with Crippen molar-refractivity contribution in [1.82, 2.24) is 4.98 Å². The maximum absolute atomic E-state index is 4.97. The Bertz CT molecular complexity index is 250. The summed E-state index contributed by atoms with van der Waals surface area (Å²) >= 11 is 6.43. The van der Waals surface area contributed by atoms with Gasteiger partial charge in [-0.3, -0.25) is 0 Å². The lowest BCUT2D eigenvalue weighted by Crippen LogP contribution is -1.70. The molecule has 1 rings (SSSR count). The molecule has 1 aromatic heterocycles. The first-order valence-electron chi connectivity index (χ1n) is 2.63. The summed E-state index contributed by atoms with van der Waals surface area (Å²) in [6.07, 6.45) is 3.41. The topological polar surface area (TPSA) is 26.0 Å². The van der Waals surface area contributed by atoms with E-state index in [0.717, 1.165) is 9.09 Å². The number of rotatable bonds is 1. The summed E-state index contributed by atoms with van der Waals surface area (Å²) in [5, 5.41) is 0. The van der Waals surface area contributed by atoms with Gasteiger partial charge in [0.2, 0.25) is 0 Å². The van der Waals surface area contributed by atoms with Gasteiger partial charge < -0.3 is 4.42 Å². The van der Waals surface area contributed by atoms with Gasteiger partial charge in [0.15, 0.2) is 5.89 Å². The number of hydrogen-bond acceptors (Lipinski definition) is 2. The zero-order valence-corrected chi connectivity index (χ0v) is 8.44. The van der Waals surface area contributed by atoms with Crippen LogP contribution in [0.5, 0.6) is 0 Å². The average Bonchev–Trinajstić information content (AvgIpc) is 2.13. The third-order valence-corrected chi connectivity index (χ3v) is 1.35. The molecule has 0 aliphatic rings. The highest BCUT2D eigenvalue weighted by atomic mass is 79.9. The maximum Gasteiger partial charge on any atom is 0.191 e. The molecule has 4 heteroatoms. The summed E-state index contributed by atoms with van der Waals surface area (Å²) in [6.45, 7) is 1.81. The zero-order valence-electron chi connectivity index (χ0n) is 5.27. The predicted molar refractivity (Wildman–Crippen MR) is 47.1 cm³/mol. The molecule has 0 unspecified atom stereocenters. The highest BCUT2D eigenvalue weighted by Gasteiger charge is 1.94. The first-order chi connectivity index (χ1) is 4.68. The van der Waals surface area contributed by atoms with Crippen molar-refractivity contribution in [1.29, 1.82) is 0 Å². The Morgan fingerprint density at radius 1 is 1.70 bits per heavy atom. The van der Waals surface area contributed by atoms with E-state index in [1.807, 2.05) is 6.08 Å². The van der Waals surface area contributed by atoms with Crippen LogP contribution in [-0.2, 0) is 0 Å². The van der Waals surface area contributed by atoms with E-state index in [4.69, 9.17) is 4.42 Å². The monoisotopic (exact) mass is 265 g/mol. The van der Waals surface area contributed by atoms with Gasteiger partial charge in [0.05, 0.1) is 3.39 Å². The van der Waals surface area contributed by atoms with E-state index in [9.17, 15) is 0 Å². The summed E-state index contributed by atoms with van der Waals surface area (Å²) in [5.74, 6) is 0.674. The third-order valence-electron chi connectivity index (χ3n) is 0.894. The van der Waals surface area contributed by atoms with Gasteiger partial charge in [-0.15, -0.1) is 0 Å². The third kappa shape index (κ3) is 2.27. The molecule has 0 bridgehead atoms. The molecular weight excluding hydrogens is 262 g/mol. The van der Waals surface area contributed by atoms with Crippen molar-refractivity contribution < 1.29 is 4.42 Å². The predicted octanol–water partition coefficient (Wildman–Crippen LogP) is 3.07. The van der Waals surface area contributed by atoms with Crippen LogP contribution in [0.25, 0.3) is 6.08 Å². The molecule has 10 heavy (non-hydrogen) atoms. The van der Waals surface area contributed by atoms with E-state index >= 15 is 0 Å². The molecule has 0 aliphatic carbocycles. The molecule has 0 saturated heterocycles. The molecule has 2 nitrogen and oxygen atoms in total. The lowest BCUT2D eigenvalue weighted by atomic mass is 10.5. The Morgan fingerprint density at radius 2 is 2.40 bits per heavy atom. The van der Waals surface area contributed by atoms with E-state index in [-0.39, 0.29) is 0 Å². The van der Waals surface area contributed by atoms with Crippen LogP contribution < -0.4 is 0 Å². The molecule has 0 atom stereocenters. The van der Waals surface area contributed by atoms with Gasteiger partial charge in [-0.25, -0.2) is 4.98 Å². The lowest BCUT2D eigenvalue weighted by molar-refractivity contribution is 0.521. The van der Waals surface area contributed by atoms with Crippen LogP contribution in [-0.4, -0.2) is 4.98 Å². The van der Waals surface area contributed by atoms with Crippen molar-refractivity contribution in [2.75, 3.05) is 0 Å². The van der Waals surface area contributed by atoms with Crippen molar-refractivity contribution in [3.8, 4) is 0 Å². The fraction of sp³-hybridized carbons (Fsp3) is 0.167. The molecule has 0 aromatic carbocycles. The second-order valence-electron chi connectivity index (χ2n) is 1.73. The Kier molecular flexibility index (Phi) is 2.68. The quantitative estimate of drug-likeness (QED) is 0.781. The fourth-order valence-corrected chi connectivity index (χ4v) is 1.03. The number of nitrogens with zero attached hydrogens (tertiary/aromatic N) is 1. The van der Waals surface area contributed by atoms with Gasteiger partial charge in [0.25, 0.3) is 0 Å². The minimum atomic E-state index is 0.674. The number of oxazole rings is 1. The van der Waals surface area contributed by atoms with Gasteiger partial charge in [-0.2, -0.15) is 0 Å². The summed E-state index contributed by atoms with van der Waals surface area (Å²) in [4.78, 5) is 4.05. The van der Waals surface area contributed by atoms with Crippen LogP contribution in [0, 0.1) is 6.92 Å². The van der Waals surface area contributed by atoms with E-state index < -0.39 is 0 Å². The molecule has 54 valence electrons. The molecule has 0 radical (unpaired) electrons. The van der Waals surface area contributed by atoms with Crippen LogP contribution in [0.2, 0.25) is 0 Å². The van der Waals surface area contributed by atoms with E-state index in [1.165, 1.54) is 0 Å². The van der Waals surface area contributed by atoms with Crippen molar-refractivity contribution in [3.05, 3.63) is 21.2 Å². The number of aromatic nitrogens is 1. The summed E-state index contributed by atoms with van der Waals surface area (Å²) < 4.78 is 5.82. The number of hydrogen-bond donors (Lipinski definition) is 0. The van der Waals surface area contributed by atoms with Crippen LogP contribution >= 0.6 is 31.9 Å². The van der Waals surface area contributed by atoms with Crippen LogP contribution in [0.4, 0.5) is 0 Å². The SMILES string of the molecule is Cc1nc(C=C(Br)Br)co1. The molecule has 1 heterocycles. The molecule has 0 aliphatic heterocycles. The average molecular weight is 267 g/mol. The van der Waals surface area contributed by atoms with Gasteiger partial charge in [0.1, 0.15) is 12.0 Å². The second-order valence-corrected chi connectivity index (χ2v) is 4.50. The zero-order chi connectivity index (χ0) is 7.56. The largest absolute Gasteiger partial charge is 0.449 e. The Balaban J connectivity index is 2.86. The molecule has 0 saturated carbocycles. The van der Waals surface area contributed by atoms with Crippen molar-refractivity contribution >= 4 is 37.9 Å². The Hall–Kier alpha value is -0.0900. The first-order valence-corrected chi connectivity index (χ1v) is 4.22. The summed E-state index contributed by atoms with van der Waals surface area (Å²) in [6, 6.07) is 0. The summed E-state index contributed by atoms with van der Waals surface area (Å²) in [7, 11) is 0. The molecular formula is C6H5Br2NO. The van der Waals surface area contributed by atoms with E-state index in [1.54, 1.807) is 13.2 Å². The molecule has 0 amide bonds. The number of aryl methyl sites for hydroxylation is 1. The highest BCUT2D eigenvalue weighted by molar-refractivity contribution is 9.28. The lowest BCUT2D eigenvalue weighted by Gasteiger charge is -1.79. The standard InChI is InChI=1S/C6H5Br2NO/c1-4-9-5(3-10-4)2-6(7)8/h2-3H,1H3. The van der Waals surface area contributed by atoms with E-state index in [0.29, 0.717) is 5.89 Å². The van der Waals surface area contributed by atoms with Crippen LogP contribution in [0.3, 0.4) is 0 Å². The normalized spacial score (nSPS) is 9.50. The second kappa shape index (κ2) is 3.34. The molecule has 0 N–H and O–H groups in total. The van der Waals surface area contributed by atoms with Gasteiger partial charge in [-0.1, -0.05) is 0 Å². The van der Waals surface area contributed by atoms with E-state index in [2.05, 4.69) is 36.8 Å². The van der Waals surface area contributed by atoms with Crippen LogP contribution in [0.1, 0.15) is 11.6 Å². The maximum atomic E-state index is 4.97. The van der Waals surface area contributed by atoms with Gasteiger partial charge >= 0.3 is 0 Å². The first kappa shape index (κ1) is 8.01. The minimum absolute atomic E-state index is 0.674. The van der Waals surface area contributed by atoms with Crippen LogP contribution in [0.15, 0.2) is 14.1 Å². The summed E-state index contributed by atoms with van der Waals surface area (Å²) in [5.41, 5.74) is 0.807. The Labute approximate surface area is 75.6 Å². The number of halogens is 2. The minimum Gasteiger partial charge on any atom is -0.449 e. The highest BCUT2D eigenvalue weighted by Crippen LogP contribution is 2.17. The Morgan fingerprint density at radius 3 is 2.80 bits per heavy atom. The smallest absolute Gasteiger partial charge is 0.191 e. The van der Waals surface area contributed by atoms with Crippen molar-refractivity contribution in [3.63, 3.8) is 0 Å². The molecule has 0 fully saturated rings. The van der Waals surface area contributed by atoms with Gasteiger partial charge in [-0.05, 0) is 37.9 Å². The molecule has 0 spiro atoms. The van der Waals surface area contributed by atoms with Crippen molar-refractivity contribution in [2.24, 2.45) is 0 Å². The van der Waals surface area contributed by atoms with Crippen molar-refractivity contribution in [2.45, 2.75) is 6.92 Å². The van der Waals surface area contributed by atoms with Gasteiger partial charge in [0, 0.05) is 6.92 Å².